The van der Waals surface area contributed by atoms with Gasteiger partial charge in [0.2, 0.25) is 5.91 Å². The minimum absolute atomic E-state index is 0.361. The predicted octanol–water partition coefficient (Wildman–Crippen LogP) is 3.56. The number of aromatic amines is 1. The fourth-order valence-corrected chi connectivity index (χ4v) is 2.87. The van der Waals surface area contributed by atoms with Crippen molar-refractivity contribution < 1.29 is 9.59 Å². The van der Waals surface area contributed by atoms with E-state index >= 15 is 0 Å². The van der Waals surface area contributed by atoms with Crippen molar-refractivity contribution in [1.82, 2.24) is 4.98 Å². The van der Waals surface area contributed by atoms with Crippen LogP contribution in [0.15, 0.2) is 42.5 Å². The van der Waals surface area contributed by atoms with Crippen LogP contribution in [0.25, 0.3) is 10.9 Å². The summed E-state index contributed by atoms with van der Waals surface area (Å²) in [6.07, 6.45) is 0. The number of hydrogen-bond donors (Lipinski definition) is 2. The van der Waals surface area contributed by atoms with Gasteiger partial charge < -0.3 is 10.7 Å². The summed E-state index contributed by atoms with van der Waals surface area (Å²) in [6.45, 7) is 5.24. The zero-order chi connectivity index (χ0) is 17.4. The first kappa shape index (κ1) is 15.8. The summed E-state index contributed by atoms with van der Waals surface area (Å²) in [7, 11) is 0. The topological polar surface area (TPSA) is 79.2 Å². The van der Waals surface area contributed by atoms with Crippen molar-refractivity contribution in [2.45, 2.75) is 20.8 Å². The van der Waals surface area contributed by atoms with E-state index < -0.39 is 0 Å². The standard InChI is InChI=1S/C19H19N3O2/c1-11-7-8-17-16(9-11)12(2)18(21-17)19(24)22(13(3)23)15-6-4-5-14(20)10-15/h4-10,21H,20H2,1-3H3. The number of imide groups is 1. The summed E-state index contributed by atoms with van der Waals surface area (Å²) in [6, 6.07) is 12.7. The number of nitrogens with two attached hydrogens (primary N) is 1. The molecule has 0 spiro atoms. The van der Waals surface area contributed by atoms with Gasteiger partial charge in [-0.1, -0.05) is 17.7 Å². The summed E-state index contributed by atoms with van der Waals surface area (Å²) in [5, 5.41) is 0.981. The number of nitrogen functional groups attached to an aromatic ring is 1. The van der Waals surface area contributed by atoms with Crippen LogP contribution in [0.3, 0.4) is 0 Å². The first-order valence-electron chi connectivity index (χ1n) is 7.68. The van der Waals surface area contributed by atoms with Crippen molar-refractivity contribution in [2.24, 2.45) is 0 Å². The molecule has 122 valence electrons. The number of carbonyl (C=O) groups excluding carboxylic acids is 2. The second-order valence-electron chi connectivity index (χ2n) is 5.93. The lowest BCUT2D eigenvalue weighted by atomic mass is 10.1. The van der Waals surface area contributed by atoms with E-state index in [1.54, 1.807) is 24.3 Å². The molecule has 3 N–H and O–H groups in total. The van der Waals surface area contributed by atoms with Gasteiger partial charge in [-0.05, 0) is 49.7 Å². The number of carbonyl (C=O) groups is 2. The van der Waals surface area contributed by atoms with Crippen LogP contribution in [-0.4, -0.2) is 16.8 Å². The van der Waals surface area contributed by atoms with Crippen molar-refractivity contribution in [3.8, 4) is 0 Å². The monoisotopic (exact) mass is 321 g/mol. The highest BCUT2D eigenvalue weighted by atomic mass is 16.2. The van der Waals surface area contributed by atoms with Crippen LogP contribution in [0.2, 0.25) is 0 Å². The number of nitrogens with one attached hydrogen (secondary N) is 1. The molecule has 2 amide bonds. The predicted molar refractivity (Wildman–Crippen MR) is 96.1 cm³/mol. The lowest BCUT2D eigenvalue weighted by molar-refractivity contribution is -0.115. The molecule has 2 aromatic carbocycles. The Kier molecular flexibility index (Phi) is 3.85. The van der Waals surface area contributed by atoms with Crippen molar-refractivity contribution in [1.29, 1.82) is 0 Å². The number of fused-ring (bicyclic) bond motifs is 1. The number of hydrogen-bond acceptors (Lipinski definition) is 3. The van der Waals surface area contributed by atoms with Gasteiger partial charge in [-0.3, -0.25) is 9.59 Å². The molecular formula is C19H19N3O2. The van der Waals surface area contributed by atoms with Gasteiger partial charge in [0.25, 0.3) is 5.91 Å². The fraction of sp³-hybridized carbons (Fsp3) is 0.158. The highest BCUT2D eigenvalue weighted by Gasteiger charge is 2.25. The van der Waals surface area contributed by atoms with Crippen molar-refractivity contribution in [2.75, 3.05) is 10.6 Å². The van der Waals surface area contributed by atoms with Gasteiger partial charge in [0.1, 0.15) is 5.69 Å². The number of aromatic nitrogens is 1. The molecule has 0 radical (unpaired) electrons. The maximum absolute atomic E-state index is 13.0. The van der Waals surface area contributed by atoms with Crippen LogP contribution in [0.4, 0.5) is 11.4 Å². The first-order valence-corrected chi connectivity index (χ1v) is 7.68. The molecule has 3 aromatic rings. The third-order valence-corrected chi connectivity index (χ3v) is 4.07. The Morgan fingerprint density at radius 2 is 1.83 bits per heavy atom. The number of nitrogens with zero attached hydrogens (tertiary/aromatic N) is 1. The number of rotatable bonds is 2. The molecule has 0 unspecified atom stereocenters. The largest absolute Gasteiger partial charge is 0.399 e. The van der Waals surface area contributed by atoms with Gasteiger partial charge >= 0.3 is 0 Å². The summed E-state index contributed by atoms with van der Waals surface area (Å²) in [4.78, 5) is 29.4. The molecule has 0 saturated carbocycles. The summed E-state index contributed by atoms with van der Waals surface area (Å²) in [5.41, 5.74) is 9.97. The van der Waals surface area contributed by atoms with Crippen molar-refractivity contribution >= 4 is 34.1 Å². The summed E-state index contributed by atoms with van der Waals surface area (Å²) < 4.78 is 0. The van der Waals surface area contributed by atoms with E-state index in [0.29, 0.717) is 17.1 Å². The number of aryl methyl sites for hydroxylation is 2. The molecule has 0 aliphatic carbocycles. The van der Waals surface area contributed by atoms with Crippen LogP contribution >= 0.6 is 0 Å². The van der Waals surface area contributed by atoms with Crippen molar-refractivity contribution in [3.63, 3.8) is 0 Å². The maximum atomic E-state index is 13.0. The minimum atomic E-state index is -0.389. The molecule has 0 aliphatic rings. The molecule has 0 atom stereocenters. The Morgan fingerprint density at radius 3 is 2.50 bits per heavy atom. The minimum Gasteiger partial charge on any atom is -0.399 e. The average molecular weight is 321 g/mol. The maximum Gasteiger partial charge on any atom is 0.281 e. The van der Waals surface area contributed by atoms with Crippen LogP contribution < -0.4 is 10.6 Å². The normalized spacial score (nSPS) is 10.8. The lowest BCUT2D eigenvalue weighted by Gasteiger charge is -2.19. The quantitative estimate of drug-likeness (QED) is 0.708. The van der Waals surface area contributed by atoms with E-state index in [4.69, 9.17) is 5.73 Å². The van der Waals surface area contributed by atoms with E-state index in [-0.39, 0.29) is 11.8 Å². The molecule has 0 bridgehead atoms. The highest BCUT2D eigenvalue weighted by Crippen LogP contribution is 2.26. The van der Waals surface area contributed by atoms with Crippen LogP contribution in [0.5, 0.6) is 0 Å². The SMILES string of the molecule is CC(=O)N(C(=O)c1[nH]c2ccc(C)cc2c1C)c1cccc(N)c1. The summed E-state index contributed by atoms with van der Waals surface area (Å²) >= 11 is 0. The molecule has 0 saturated heterocycles. The first-order chi connectivity index (χ1) is 11.4. The average Bonchev–Trinajstić information content (AvgIpc) is 2.84. The van der Waals surface area contributed by atoms with Gasteiger partial charge in [0.15, 0.2) is 0 Å². The van der Waals surface area contributed by atoms with E-state index in [2.05, 4.69) is 4.98 Å². The molecular weight excluding hydrogens is 302 g/mol. The third-order valence-electron chi connectivity index (χ3n) is 4.07. The Labute approximate surface area is 140 Å². The van der Waals surface area contributed by atoms with Gasteiger partial charge in [-0.2, -0.15) is 0 Å². The Morgan fingerprint density at radius 1 is 1.08 bits per heavy atom. The zero-order valence-corrected chi connectivity index (χ0v) is 13.9. The van der Waals surface area contributed by atoms with Crippen LogP contribution in [0, 0.1) is 13.8 Å². The highest BCUT2D eigenvalue weighted by molar-refractivity contribution is 6.21. The smallest absolute Gasteiger partial charge is 0.281 e. The van der Waals surface area contributed by atoms with E-state index in [0.717, 1.165) is 26.9 Å². The molecule has 1 heterocycles. The fourth-order valence-electron chi connectivity index (χ4n) is 2.87. The number of amides is 2. The molecule has 5 nitrogen and oxygen atoms in total. The Hall–Kier alpha value is -3.08. The Balaban J connectivity index is 2.12. The van der Waals surface area contributed by atoms with Gasteiger partial charge in [-0.15, -0.1) is 0 Å². The third kappa shape index (κ3) is 2.65. The zero-order valence-electron chi connectivity index (χ0n) is 13.9. The molecule has 3 rings (SSSR count). The second-order valence-corrected chi connectivity index (χ2v) is 5.93. The van der Waals surface area contributed by atoms with E-state index in [1.165, 1.54) is 6.92 Å². The van der Waals surface area contributed by atoms with Crippen molar-refractivity contribution in [3.05, 3.63) is 59.3 Å². The second kappa shape index (κ2) is 5.85. The van der Waals surface area contributed by atoms with Gasteiger partial charge in [0, 0.05) is 23.5 Å². The van der Waals surface area contributed by atoms with E-state index in [9.17, 15) is 9.59 Å². The molecule has 0 aliphatic heterocycles. The number of H-pyrrole nitrogens is 1. The van der Waals surface area contributed by atoms with E-state index in [1.807, 2.05) is 32.0 Å². The molecule has 1 aromatic heterocycles. The molecule has 5 heteroatoms. The van der Waals surface area contributed by atoms with Crippen LogP contribution in [0.1, 0.15) is 28.5 Å². The van der Waals surface area contributed by atoms with Gasteiger partial charge in [0.05, 0.1) is 5.69 Å². The van der Waals surface area contributed by atoms with Crippen LogP contribution in [-0.2, 0) is 4.79 Å². The number of benzene rings is 2. The van der Waals surface area contributed by atoms with Gasteiger partial charge in [-0.25, -0.2) is 4.90 Å². The number of anilines is 2. The molecule has 0 fully saturated rings. The molecule has 24 heavy (non-hydrogen) atoms. The lowest BCUT2D eigenvalue weighted by Crippen LogP contribution is -2.35. The summed E-state index contributed by atoms with van der Waals surface area (Å²) in [5.74, 6) is -0.751. The Bertz CT molecular complexity index is 956.